The van der Waals surface area contributed by atoms with Crippen LogP contribution in [0.25, 0.3) is 10.8 Å². The average Bonchev–Trinajstić information content (AvgIpc) is 2.96. The van der Waals surface area contributed by atoms with Gasteiger partial charge < -0.3 is 19.7 Å². The highest BCUT2D eigenvalue weighted by molar-refractivity contribution is 5.88. The summed E-state index contributed by atoms with van der Waals surface area (Å²) in [6, 6.07) is 22.1. The van der Waals surface area contributed by atoms with Gasteiger partial charge in [0.05, 0.1) is 15.8 Å². The average molecular weight is 593 g/mol. The van der Waals surface area contributed by atoms with Gasteiger partial charge in [0.25, 0.3) is 0 Å². The van der Waals surface area contributed by atoms with Crippen molar-refractivity contribution in [2.24, 2.45) is 17.8 Å². The van der Waals surface area contributed by atoms with Crippen LogP contribution in [0.1, 0.15) is 37.7 Å². The zero-order chi connectivity index (χ0) is 30.6. The summed E-state index contributed by atoms with van der Waals surface area (Å²) in [7, 11) is 0. The standard InChI is InChI=1S/C34H28N2O8/c37-31-15-25(9-12-29(31)35(39)40)43-33-17-21-14-24(19-33)28(11-8-23-6-3-5-22-4-1-2-7-27(22)23)34(18-21,20-33)44-26-10-13-30(36(41)42)32(38)16-26/h1-7,9-10,12-13,15-16,21,24,28,37-38H,14,17-20H2. The fraction of sp³-hybridized carbons (Fsp3) is 0.294. The van der Waals surface area contributed by atoms with E-state index in [9.17, 15) is 30.4 Å². The smallest absolute Gasteiger partial charge is 0.310 e. The van der Waals surface area contributed by atoms with Gasteiger partial charge >= 0.3 is 11.4 Å². The molecular formula is C34H28N2O8. The van der Waals surface area contributed by atoms with Crippen molar-refractivity contribution in [3.63, 3.8) is 0 Å². The topological polar surface area (TPSA) is 145 Å². The molecule has 4 saturated carbocycles. The van der Waals surface area contributed by atoms with E-state index in [0.29, 0.717) is 30.8 Å². The number of phenolic OH excluding ortho intramolecular Hbond substituents is 2. The Bertz CT molecular complexity index is 1890. The third-order valence-electron chi connectivity index (χ3n) is 9.32. The molecule has 4 aliphatic carbocycles. The molecule has 0 spiro atoms. The summed E-state index contributed by atoms with van der Waals surface area (Å²) in [5.74, 6) is 6.85. The van der Waals surface area contributed by atoms with Gasteiger partial charge in [-0.25, -0.2) is 0 Å². The molecule has 0 aromatic heterocycles. The molecule has 44 heavy (non-hydrogen) atoms. The first-order chi connectivity index (χ1) is 21.1. The van der Waals surface area contributed by atoms with Gasteiger partial charge in [-0.05, 0) is 66.5 Å². The molecule has 4 bridgehead atoms. The Morgan fingerprint density at radius 3 is 2.14 bits per heavy atom. The fourth-order valence-electron chi connectivity index (χ4n) is 7.94. The SMILES string of the molecule is O=[N+]([O-])c1ccc(OC23CC4CC(C2)C(C#Cc2cccc5ccccc25)C(Oc2ccc([N+](=O)[O-])c(O)c2)(C4)C3)cc1O. The van der Waals surface area contributed by atoms with E-state index in [0.717, 1.165) is 29.2 Å². The number of rotatable bonds is 6. The molecular weight excluding hydrogens is 564 g/mol. The maximum Gasteiger partial charge on any atom is 0.310 e. The number of fused-ring (bicyclic) bond motifs is 1. The molecule has 8 rings (SSSR count). The number of benzene rings is 4. The van der Waals surface area contributed by atoms with Crippen LogP contribution in [-0.4, -0.2) is 31.3 Å². The van der Waals surface area contributed by atoms with Crippen molar-refractivity contribution in [2.45, 2.75) is 43.3 Å². The van der Waals surface area contributed by atoms with Crippen LogP contribution in [0.2, 0.25) is 0 Å². The molecule has 4 aliphatic rings. The lowest BCUT2D eigenvalue weighted by atomic mass is 9.48. The van der Waals surface area contributed by atoms with E-state index in [1.54, 1.807) is 0 Å². The number of nitrogens with zero attached hydrogens (tertiary/aromatic N) is 2. The van der Waals surface area contributed by atoms with E-state index in [1.165, 1.54) is 36.4 Å². The predicted molar refractivity (Wildman–Crippen MR) is 161 cm³/mol. The van der Waals surface area contributed by atoms with Gasteiger partial charge in [0, 0.05) is 36.2 Å². The summed E-state index contributed by atoms with van der Waals surface area (Å²) in [6.45, 7) is 0. The van der Waals surface area contributed by atoms with E-state index in [-0.39, 0.29) is 17.8 Å². The normalized spacial score (nSPS) is 26.5. The van der Waals surface area contributed by atoms with Gasteiger partial charge in [0.2, 0.25) is 0 Å². The first kappa shape index (κ1) is 27.5. The van der Waals surface area contributed by atoms with Crippen LogP contribution in [0.15, 0.2) is 78.9 Å². The largest absolute Gasteiger partial charge is 0.502 e. The van der Waals surface area contributed by atoms with Crippen molar-refractivity contribution in [1.29, 1.82) is 0 Å². The van der Waals surface area contributed by atoms with Gasteiger partial charge in [-0.1, -0.05) is 48.2 Å². The number of nitro groups is 2. The second kappa shape index (κ2) is 10.2. The van der Waals surface area contributed by atoms with Crippen LogP contribution in [-0.2, 0) is 0 Å². The lowest BCUT2D eigenvalue weighted by molar-refractivity contribution is -0.386. The number of phenols is 2. The molecule has 4 aromatic rings. The minimum absolute atomic E-state index is 0.108. The van der Waals surface area contributed by atoms with Crippen LogP contribution in [0.3, 0.4) is 0 Å². The Labute approximate surface area is 252 Å². The van der Waals surface area contributed by atoms with Crippen molar-refractivity contribution >= 4 is 22.1 Å². The lowest BCUT2D eigenvalue weighted by Crippen LogP contribution is -2.67. The summed E-state index contributed by atoms with van der Waals surface area (Å²) >= 11 is 0. The van der Waals surface area contributed by atoms with Crippen LogP contribution in [0, 0.1) is 49.8 Å². The van der Waals surface area contributed by atoms with Crippen LogP contribution in [0.5, 0.6) is 23.0 Å². The molecule has 4 fully saturated rings. The lowest BCUT2D eigenvalue weighted by Gasteiger charge is -2.63. The molecule has 2 N–H and O–H groups in total. The summed E-state index contributed by atoms with van der Waals surface area (Å²) in [6.07, 6.45) is 3.50. The molecule has 0 aliphatic heterocycles. The molecule has 10 nitrogen and oxygen atoms in total. The molecule has 222 valence electrons. The zero-order valence-corrected chi connectivity index (χ0v) is 23.5. The number of aromatic hydroxyl groups is 2. The summed E-state index contributed by atoms with van der Waals surface area (Å²) in [5, 5.41) is 45.4. The third kappa shape index (κ3) is 4.71. The zero-order valence-electron chi connectivity index (χ0n) is 23.5. The molecule has 4 aromatic carbocycles. The van der Waals surface area contributed by atoms with Crippen molar-refractivity contribution in [3.8, 4) is 34.8 Å². The quantitative estimate of drug-likeness (QED) is 0.140. The van der Waals surface area contributed by atoms with Crippen LogP contribution >= 0.6 is 0 Å². The van der Waals surface area contributed by atoms with Crippen molar-refractivity contribution in [3.05, 3.63) is 105 Å². The van der Waals surface area contributed by atoms with Gasteiger partial charge in [-0.15, -0.1) is 0 Å². The number of hydrogen-bond acceptors (Lipinski definition) is 8. The van der Waals surface area contributed by atoms with E-state index >= 15 is 0 Å². The first-order valence-corrected chi connectivity index (χ1v) is 14.5. The second-order valence-electron chi connectivity index (χ2n) is 12.2. The van der Waals surface area contributed by atoms with E-state index < -0.39 is 43.9 Å². The first-order valence-electron chi connectivity index (χ1n) is 14.5. The van der Waals surface area contributed by atoms with Crippen molar-refractivity contribution < 1.29 is 29.5 Å². The summed E-state index contributed by atoms with van der Waals surface area (Å²) in [5.41, 5.74) is -1.40. The third-order valence-corrected chi connectivity index (χ3v) is 9.32. The Kier molecular flexibility index (Phi) is 6.36. The van der Waals surface area contributed by atoms with Gasteiger partial charge in [0.1, 0.15) is 22.7 Å². The highest BCUT2D eigenvalue weighted by Gasteiger charge is 2.65. The van der Waals surface area contributed by atoms with Gasteiger partial charge in [-0.2, -0.15) is 0 Å². The molecule has 0 saturated heterocycles. The minimum atomic E-state index is -0.826. The minimum Gasteiger partial charge on any atom is -0.502 e. The molecule has 5 unspecified atom stereocenters. The van der Waals surface area contributed by atoms with E-state index in [1.807, 2.05) is 42.5 Å². The second-order valence-corrected chi connectivity index (χ2v) is 12.2. The van der Waals surface area contributed by atoms with Gasteiger partial charge in [-0.3, -0.25) is 20.2 Å². The van der Waals surface area contributed by atoms with Crippen molar-refractivity contribution in [2.75, 3.05) is 0 Å². The highest BCUT2D eigenvalue weighted by Crippen LogP contribution is 2.62. The van der Waals surface area contributed by atoms with E-state index in [4.69, 9.17) is 9.47 Å². The van der Waals surface area contributed by atoms with Crippen LogP contribution < -0.4 is 9.47 Å². The Morgan fingerprint density at radius 1 is 0.795 bits per heavy atom. The molecule has 5 atom stereocenters. The Balaban J connectivity index is 1.28. The van der Waals surface area contributed by atoms with Crippen molar-refractivity contribution in [1.82, 2.24) is 0 Å². The summed E-state index contributed by atoms with van der Waals surface area (Å²) < 4.78 is 13.3. The summed E-state index contributed by atoms with van der Waals surface area (Å²) in [4.78, 5) is 21.3. The monoisotopic (exact) mass is 592 g/mol. The maximum absolute atomic E-state index is 11.3. The Morgan fingerprint density at radius 2 is 1.45 bits per heavy atom. The Hall–Kier alpha value is -5.30. The number of ether oxygens (including phenoxy) is 2. The van der Waals surface area contributed by atoms with Crippen LogP contribution in [0.4, 0.5) is 11.4 Å². The fourth-order valence-corrected chi connectivity index (χ4v) is 7.94. The molecule has 10 heteroatoms. The molecule has 0 heterocycles. The predicted octanol–water partition coefficient (Wildman–Crippen LogP) is 6.89. The number of hydrogen-bond donors (Lipinski definition) is 2. The molecule has 0 amide bonds. The number of nitro benzene ring substituents is 2. The highest BCUT2D eigenvalue weighted by atomic mass is 16.6. The van der Waals surface area contributed by atoms with E-state index in [2.05, 4.69) is 11.8 Å². The van der Waals surface area contributed by atoms with Gasteiger partial charge in [0.15, 0.2) is 11.5 Å². The maximum atomic E-state index is 11.3. The molecule has 0 radical (unpaired) electrons.